The summed E-state index contributed by atoms with van der Waals surface area (Å²) in [5, 5.41) is 1.84. The lowest BCUT2D eigenvalue weighted by Gasteiger charge is -2.04. The van der Waals surface area contributed by atoms with Gasteiger partial charge in [-0.25, -0.2) is 13.1 Å². The zero-order valence-electron chi connectivity index (χ0n) is 6.88. The molecule has 2 N–H and O–H groups in total. The zero-order chi connectivity index (χ0) is 10.5. The first-order valence-corrected chi connectivity index (χ1v) is 5.22. The van der Waals surface area contributed by atoms with Crippen molar-refractivity contribution in [1.82, 2.24) is 10.0 Å². The molecule has 0 rings (SSSR count). The van der Waals surface area contributed by atoms with Crippen LogP contribution in [0.2, 0.25) is 0 Å². The predicted octanol–water partition coefficient (Wildman–Crippen LogP) is -1.08. The SMILES string of the molecule is CS(=O)(=O)NCCNC(=O)C(F)F. The largest absolute Gasteiger partial charge is 0.350 e. The summed E-state index contributed by atoms with van der Waals surface area (Å²) in [5.74, 6) is -1.41. The van der Waals surface area contributed by atoms with Crippen LogP contribution in [0.4, 0.5) is 8.78 Å². The van der Waals surface area contributed by atoms with E-state index in [1.807, 2.05) is 10.0 Å². The summed E-state index contributed by atoms with van der Waals surface area (Å²) in [6.07, 6.45) is -2.14. The van der Waals surface area contributed by atoms with Crippen molar-refractivity contribution in [3.05, 3.63) is 0 Å². The van der Waals surface area contributed by atoms with Gasteiger partial charge in [0.2, 0.25) is 10.0 Å². The van der Waals surface area contributed by atoms with Gasteiger partial charge in [0.25, 0.3) is 5.91 Å². The van der Waals surface area contributed by atoms with Gasteiger partial charge in [-0.15, -0.1) is 0 Å². The highest BCUT2D eigenvalue weighted by Crippen LogP contribution is 1.89. The van der Waals surface area contributed by atoms with Crippen molar-refractivity contribution in [2.75, 3.05) is 19.3 Å². The summed E-state index contributed by atoms with van der Waals surface area (Å²) < 4.78 is 46.0. The van der Waals surface area contributed by atoms with Gasteiger partial charge in [0, 0.05) is 13.1 Å². The number of nitrogens with one attached hydrogen (secondary N) is 2. The molecule has 0 heterocycles. The van der Waals surface area contributed by atoms with Crippen molar-refractivity contribution in [3.8, 4) is 0 Å². The number of hydrogen-bond acceptors (Lipinski definition) is 3. The van der Waals surface area contributed by atoms with Crippen molar-refractivity contribution in [2.24, 2.45) is 0 Å². The van der Waals surface area contributed by atoms with E-state index >= 15 is 0 Å². The van der Waals surface area contributed by atoms with E-state index in [2.05, 4.69) is 0 Å². The molecule has 0 aromatic rings. The van der Waals surface area contributed by atoms with Crippen LogP contribution in [0.5, 0.6) is 0 Å². The van der Waals surface area contributed by atoms with Gasteiger partial charge in [-0.2, -0.15) is 8.78 Å². The molecule has 5 nitrogen and oxygen atoms in total. The van der Waals surface area contributed by atoms with Gasteiger partial charge in [0.05, 0.1) is 6.26 Å². The van der Waals surface area contributed by atoms with Gasteiger partial charge in [0.1, 0.15) is 0 Å². The Kier molecular flexibility index (Phi) is 4.78. The fraction of sp³-hybridized carbons (Fsp3) is 0.800. The summed E-state index contributed by atoms with van der Waals surface area (Å²) >= 11 is 0. The van der Waals surface area contributed by atoms with Crippen LogP contribution in [0, 0.1) is 0 Å². The van der Waals surface area contributed by atoms with Crippen LogP contribution in [0.15, 0.2) is 0 Å². The molecule has 13 heavy (non-hydrogen) atoms. The Morgan fingerprint density at radius 1 is 1.38 bits per heavy atom. The lowest BCUT2D eigenvalue weighted by molar-refractivity contribution is -0.131. The predicted molar refractivity (Wildman–Crippen MR) is 41.9 cm³/mol. The molecule has 0 aliphatic heterocycles. The Balaban J connectivity index is 3.53. The Morgan fingerprint density at radius 3 is 2.31 bits per heavy atom. The van der Waals surface area contributed by atoms with E-state index in [4.69, 9.17) is 0 Å². The van der Waals surface area contributed by atoms with E-state index in [0.717, 1.165) is 6.26 Å². The first-order valence-electron chi connectivity index (χ1n) is 3.33. The minimum absolute atomic E-state index is 0.0999. The zero-order valence-corrected chi connectivity index (χ0v) is 7.70. The van der Waals surface area contributed by atoms with Crippen LogP contribution in [0.25, 0.3) is 0 Å². The minimum Gasteiger partial charge on any atom is -0.350 e. The summed E-state index contributed by atoms with van der Waals surface area (Å²) in [4.78, 5) is 10.2. The maximum atomic E-state index is 11.5. The summed E-state index contributed by atoms with van der Waals surface area (Å²) in [6.45, 7) is -0.256. The second-order valence-corrected chi connectivity index (χ2v) is 4.09. The highest BCUT2D eigenvalue weighted by molar-refractivity contribution is 7.88. The molecule has 0 aliphatic rings. The number of amides is 1. The normalized spacial score (nSPS) is 11.7. The van der Waals surface area contributed by atoms with Gasteiger partial charge in [-0.1, -0.05) is 0 Å². The maximum absolute atomic E-state index is 11.5. The highest BCUT2D eigenvalue weighted by atomic mass is 32.2. The second-order valence-electron chi connectivity index (χ2n) is 2.26. The average molecular weight is 216 g/mol. The minimum atomic E-state index is -3.33. The number of alkyl halides is 2. The Bertz CT molecular complexity index is 265. The summed E-state index contributed by atoms with van der Waals surface area (Å²) in [7, 11) is -3.33. The Labute approximate surface area is 74.6 Å². The molecule has 0 aromatic heterocycles. The van der Waals surface area contributed by atoms with Gasteiger partial charge < -0.3 is 5.32 Å². The quantitative estimate of drug-likeness (QED) is 0.574. The molecule has 8 heteroatoms. The fourth-order valence-corrected chi connectivity index (χ4v) is 0.972. The molecule has 0 fully saturated rings. The lowest BCUT2D eigenvalue weighted by atomic mass is 10.6. The van der Waals surface area contributed by atoms with Crippen LogP contribution in [0.1, 0.15) is 0 Å². The molecular weight excluding hydrogens is 206 g/mol. The monoisotopic (exact) mass is 216 g/mol. The maximum Gasteiger partial charge on any atom is 0.315 e. The van der Waals surface area contributed by atoms with Gasteiger partial charge in [-0.05, 0) is 0 Å². The molecule has 0 radical (unpaired) electrons. The number of carbonyl (C=O) groups excluding carboxylic acids is 1. The third-order valence-electron chi connectivity index (χ3n) is 0.987. The molecule has 1 amide bonds. The Morgan fingerprint density at radius 2 is 1.92 bits per heavy atom. The van der Waals surface area contributed by atoms with Crippen LogP contribution in [-0.4, -0.2) is 40.1 Å². The third-order valence-corrected chi connectivity index (χ3v) is 1.72. The Hall–Kier alpha value is -0.760. The number of rotatable bonds is 5. The van der Waals surface area contributed by atoms with Crippen LogP contribution in [0.3, 0.4) is 0 Å². The molecule has 0 aromatic carbocycles. The van der Waals surface area contributed by atoms with Crippen molar-refractivity contribution < 1.29 is 22.0 Å². The smallest absolute Gasteiger partial charge is 0.315 e. The van der Waals surface area contributed by atoms with E-state index in [1.54, 1.807) is 0 Å². The van der Waals surface area contributed by atoms with Crippen molar-refractivity contribution in [3.63, 3.8) is 0 Å². The molecule has 78 valence electrons. The number of sulfonamides is 1. The first-order chi connectivity index (χ1) is 5.83. The third kappa shape index (κ3) is 7.60. The molecule has 0 atom stereocenters. The van der Waals surface area contributed by atoms with E-state index < -0.39 is 22.4 Å². The summed E-state index contributed by atoms with van der Waals surface area (Å²) in [5.41, 5.74) is 0. The van der Waals surface area contributed by atoms with Crippen LogP contribution >= 0.6 is 0 Å². The number of hydrogen-bond donors (Lipinski definition) is 2. The average Bonchev–Trinajstić information content (AvgIpc) is 1.95. The molecule has 0 unspecified atom stereocenters. The van der Waals surface area contributed by atoms with Gasteiger partial charge in [0.15, 0.2) is 0 Å². The van der Waals surface area contributed by atoms with Gasteiger partial charge in [-0.3, -0.25) is 4.79 Å². The molecule has 0 saturated carbocycles. The number of carbonyl (C=O) groups is 1. The van der Waals surface area contributed by atoms with Gasteiger partial charge >= 0.3 is 6.43 Å². The van der Waals surface area contributed by atoms with Crippen molar-refractivity contribution in [2.45, 2.75) is 6.43 Å². The van der Waals surface area contributed by atoms with Crippen LogP contribution < -0.4 is 10.0 Å². The van der Waals surface area contributed by atoms with E-state index in [1.165, 1.54) is 0 Å². The summed E-state index contributed by atoms with van der Waals surface area (Å²) in [6, 6.07) is 0. The molecule has 0 saturated heterocycles. The molecule has 0 bridgehead atoms. The topological polar surface area (TPSA) is 75.3 Å². The molecule has 0 aliphatic carbocycles. The standard InChI is InChI=1S/C5H10F2N2O3S/c1-13(11,12)9-3-2-8-5(10)4(6)7/h4,9H,2-3H2,1H3,(H,8,10). The van der Waals surface area contributed by atoms with Crippen molar-refractivity contribution >= 4 is 15.9 Å². The van der Waals surface area contributed by atoms with E-state index in [0.29, 0.717) is 0 Å². The fourth-order valence-electron chi connectivity index (χ4n) is 0.499. The van der Waals surface area contributed by atoms with Crippen LogP contribution in [-0.2, 0) is 14.8 Å². The molecular formula is C5H10F2N2O3S. The van der Waals surface area contributed by atoms with E-state index in [9.17, 15) is 22.0 Å². The van der Waals surface area contributed by atoms with Crippen molar-refractivity contribution in [1.29, 1.82) is 0 Å². The molecule has 0 spiro atoms. The number of halogens is 2. The first kappa shape index (κ1) is 12.2. The second kappa shape index (κ2) is 5.07. The van der Waals surface area contributed by atoms with E-state index in [-0.39, 0.29) is 13.1 Å². The lowest BCUT2D eigenvalue weighted by Crippen LogP contribution is -2.36. The highest BCUT2D eigenvalue weighted by Gasteiger charge is 2.13.